The Morgan fingerprint density at radius 2 is 1.94 bits per heavy atom. The van der Waals surface area contributed by atoms with Crippen molar-refractivity contribution in [2.75, 3.05) is 13.7 Å². The molecule has 6 nitrogen and oxygen atoms in total. The van der Waals surface area contributed by atoms with Crippen LogP contribution in [0.2, 0.25) is 0 Å². The minimum absolute atomic E-state index is 0.0847. The summed E-state index contributed by atoms with van der Waals surface area (Å²) >= 11 is 5.28. The molecule has 31 heavy (non-hydrogen) atoms. The third-order valence-electron chi connectivity index (χ3n) is 4.67. The van der Waals surface area contributed by atoms with Crippen LogP contribution in [0.4, 0.5) is 0 Å². The van der Waals surface area contributed by atoms with Crippen molar-refractivity contribution in [2.45, 2.75) is 52.7 Å². The monoisotopic (exact) mass is 444 g/mol. The van der Waals surface area contributed by atoms with E-state index in [-0.39, 0.29) is 17.1 Å². The number of hydrogen-bond donors (Lipinski definition) is 2. The van der Waals surface area contributed by atoms with Crippen LogP contribution in [0.1, 0.15) is 56.0 Å². The number of hydrogen-bond acceptors (Lipinski definition) is 5. The normalized spacial score (nSPS) is 11.4. The van der Waals surface area contributed by atoms with Gasteiger partial charge in [0.15, 0.2) is 16.6 Å². The quantitative estimate of drug-likeness (QED) is 0.381. The van der Waals surface area contributed by atoms with Gasteiger partial charge < -0.3 is 19.5 Å². The molecule has 7 heteroatoms. The molecule has 0 spiro atoms. The van der Waals surface area contributed by atoms with Crippen LogP contribution in [0.5, 0.6) is 17.2 Å². The zero-order valence-corrected chi connectivity index (χ0v) is 19.5. The number of benzene rings is 2. The first kappa shape index (κ1) is 24.5. The first-order valence-electron chi connectivity index (χ1n) is 10.6. The summed E-state index contributed by atoms with van der Waals surface area (Å²) in [7, 11) is 1.61. The molecule has 0 aliphatic heterocycles. The molecule has 0 aliphatic rings. The summed E-state index contributed by atoms with van der Waals surface area (Å²) in [6, 6.07) is 12.8. The number of rotatable bonds is 11. The SMILES string of the molecule is CCCCOc1ccc(CNC(=S)NC(=O)c2cccc(OC(C)CC)c2)cc1OC. The van der Waals surface area contributed by atoms with Crippen molar-refractivity contribution in [1.29, 1.82) is 0 Å². The third kappa shape index (κ3) is 8.09. The van der Waals surface area contributed by atoms with Crippen molar-refractivity contribution in [3.05, 3.63) is 53.6 Å². The molecular weight excluding hydrogens is 412 g/mol. The van der Waals surface area contributed by atoms with Crippen LogP contribution in [0, 0.1) is 0 Å². The van der Waals surface area contributed by atoms with Gasteiger partial charge in [-0.1, -0.05) is 32.4 Å². The molecule has 2 N–H and O–H groups in total. The molecule has 2 aromatic carbocycles. The zero-order valence-electron chi connectivity index (χ0n) is 18.7. The van der Waals surface area contributed by atoms with E-state index in [2.05, 4.69) is 17.6 Å². The molecule has 0 saturated carbocycles. The topological polar surface area (TPSA) is 68.8 Å². The second kappa shape index (κ2) is 12.8. The van der Waals surface area contributed by atoms with Crippen molar-refractivity contribution < 1.29 is 19.0 Å². The molecule has 0 aliphatic carbocycles. The number of carbonyl (C=O) groups is 1. The highest BCUT2D eigenvalue weighted by Gasteiger charge is 2.11. The van der Waals surface area contributed by atoms with Crippen molar-refractivity contribution in [2.24, 2.45) is 0 Å². The molecule has 0 bridgehead atoms. The average molecular weight is 445 g/mol. The Balaban J connectivity index is 1.90. The first-order chi connectivity index (χ1) is 15.0. The summed E-state index contributed by atoms with van der Waals surface area (Å²) in [5.41, 5.74) is 1.44. The van der Waals surface area contributed by atoms with E-state index in [4.69, 9.17) is 26.4 Å². The maximum absolute atomic E-state index is 12.5. The molecule has 168 valence electrons. The van der Waals surface area contributed by atoms with Crippen molar-refractivity contribution in [1.82, 2.24) is 10.6 Å². The Kier molecular flexibility index (Phi) is 10.1. The number of nitrogens with one attached hydrogen (secondary N) is 2. The number of thiocarbonyl (C=S) groups is 1. The van der Waals surface area contributed by atoms with Gasteiger partial charge in [-0.2, -0.15) is 0 Å². The maximum Gasteiger partial charge on any atom is 0.257 e. The fraction of sp³-hybridized carbons (Fsp3) is 0.417. The van der Waals surface area contributed by atoms with E-state index in [0.29, 0.717) is 30.2 Å². The Hall–Kier alpha value is -2.80. The summed E-state index contributed by atoms with van der Waals surface area (Å²) in [5.74, 6) is 1.76. The van der Waals surface area contributed by atoms with Gasteiger partial charge in [0.05, 0.1) is 19.8 Å². The van der Waals surface area contributed by atoms with Crippen molar-refractivity contribution >= 4 is 23.2 Å². The van der Waals surface area contributed by atoms with E-state index in [9.17, 15) is 4.79 Å². The second-order valence-corrected chi connectivity index (χ2v) is 7.60. The molecule has 1 unspecified atom stereocenters. The Labute approximate surface area is 190 Å². The van der Waals surface area contributed by atoms with E-state index in [1.807, 2.05) is 38.1 Å². The van der Waals surface area contributed by atoms with Gasteiger partial charge in [0, 0.05) is 12.1 Å². The molecular formula is C24H32N2O4S. The number of carbonyl (C=O) groups excluding carboxylic acids is 1. The molecule has 1 atom stereocenters. The molecule has 0 radical (unpaired) electrons. The van der Waals surface area contributed by atoms with Gasteiger partial charge in [-0.05, 0) is 67.9 Å². The number of methoxy groups -OCH3 is 1. The van der Waals surface area contributed by atoms with Crippen LogP contribution in [-0.2, 0) is 6.54 Å². The fourth-order valence-electron chi connectivity index (χ4n) is 2.70. The molecule has 1 amide bonds. The molecule has 0 saturated heterocycles. The fourth-order valence-corrected chi connectivity index (χ4v) is 2.86. The number of unbranched alkanes of at least 4 members (excludes halogenated alkanes) is 1. The van der Waals surface area contributed by atoms with Crippen LogP contribution in [0.3, 0.4) is 0 Å². The maximum atomic E-state index is 12.5. The van der Waals surface area contributed by atoms with Crippen molar-refractivity contribution in [3.63, 3.8) is 0 Å². The highest BCUT2D eigenvalue weighted by atomic mass is 32.1. The lowest BCUT2D eigenvalue weighted by molar-refractivity contribution is 0.0975. The van der Waals surface area contributed by atoms with E-state index in [1.165, 1.54) is 0 Å². The standard InChI is InChI=1S/C24H32N2O4S/c1-5-7-13-29-21-12-11-18(14-22(21)28-4)16-25-24(31)26-23(27)19-9-8-10-20(15-19)30-17(3)6-2/h8-12,14-15,17H,5-7,13,16H2,1-4H3,(H2,25,26,27,31). The van der Waals surface area contributed by atoms with Gasteiger partial charge in [0.1, 0.15) is 5.75 Å². The summed E-state index contributed by atoms with van der Waals surface area (Å²) < 4.78 is 17.0. The molecule has 2 rings (SSSR count). The summed E-state index contributed by atoms with van der Waals surface area (Å²) in [6.45, 7) is 7.26. The summed E-state index contributed by atoms with van der Waals surface area (Å²) in [5, 5.41) is 6.01. The van der Waals surface area contributed by atoms with Gasteiger partial charge in [-0.15, -0.1) is 0 Å². The Morgan fingerprint density at radius 3 is 2.65 bits per heavy atom. The van der Waals surface area contributed by atoms with E-state index >= 15 is 0 Å². The highest BCUT2D eigenvalue weighted by molar-refractivity contribution is 7.80. The smallest absolute Gasteiger partial charge is 0.257 e. The largest absolute Gasteiger partial charge is 0.493 e. The second-order valence-electron chi connectivity index (χ2n) is 7.19. The zero-order chi connectivity index (χ0) is 22.6. The summed E-state index contributed by atoms with van der Waals surface area (Å²) in [6.07, 6.45) is 3.04. The third-order valence-corrected chi connectivity index (χ3v) is 4.92. The predicted octanol–water partition coefficient (Wildman–Crippen LogP) is 4.86. The Bertz CT molecular complexity index is 872. The van der Waals surface area contributed by atoms with Gasteiger partial charge in [-0.3, -0.25) is 10.1 Å². The number of amides is 1. The van der Waals surface area contributed by atoms with Crippen molar-refractivity contribution in [3.8, 4) is 17.2 Å². The van der Waals surface area contributed by atoms with Crippen LogP contribution < -0.4 is 24.8 Å². The molecule has 0 aromatic heterocycles. The average Bonchev–Trinajstić information content (AvgIpc) is 2.78. The molecule has 0 fully saturated rings. The number of ether oxygens (including phenoxy) is 3. The lowest BCUT2D eigenvalue weighted by Crippen LogP contribution is -2.38. The van der Waals surface area contributed by atoms with E-state index in [1.54, 1.807) is 25.3 Å². The van der Waals surface area contributed by atoms with Gasteiger partial charge in [0.25, 0.3) is 5.91 Å². The Morgan fingerprint density at radius 1 is 1.13 bits per heavy atom. The van der Waals surface area contributed by atoms with Gasteiger partial charge >= 0.3 is 0 Å². The van der Waals surface area contributed by atoms with Crippen LogP contribution in [-0.4, -0.2) is 30.8 Å². The highest BCUT2D eigenvalue weighted by Crippen LogP contribution is 2.28. The summed E-state index contributed by atoms with van der Waals surface area (Å²) in [4.78, 5) is 12.5. The van der Waals surface area contributed by atoms with Crippen LogP contribution >= 0.6 is 12.2 Å². The molecule has 0 heterocycles. The minimum atomic E-state index is -0.288. The lowest BCUT2D eigenvalue weighted by atomic mass is 10.2. The van der Waals surface area contributed by atoms with Crippen LogP contribution in [0.25, 0.3) is 0 Å². The van der Waals surface area contributed by atoms with Gasteiger partial charge in [0.2, 0.25) is 0 Å². The van der Waals surface area contributed by atoms with E-state index < -0.39 is 0 Å². The lowest BCUT2D eigenvalue weighted by Gasteiger charge is -2.14. The van der Waals surface area contributed by atoms with Gasteiger partial charge in [-0.25, -0.2) is 0 Å². The predicted molar refractivity (Wildman–Crippen MR) is 127 cm³/mol. The minimum Gasteiger partial charge on any atom is -0.493 e. The molecule has 2 aromatic rings. The van der Waals surface area contributed by atoms with E-state index in [0.717, 1.165) is 30.6 Å². The van der Waals surface area contributed by atoms with Crippen LogP contribution in [0.15, 0.2) is 42.5 Å². The first-order valence-corrected chi connectivity index (χ1v) is 11.0.